The molecule has 0 N–H and O–H groups in total. The van der Waals surface area contributed by atoms with Crippen LogP contribution in [-0.4, -0.2) is 30.0 Å². The first-order valence-electron chi connectivity index (χ1n) is 4.62. The summed E-state index contributed by atoms with van der Waals surface area (Å²) in [5.74, 6) is -1.29. The lowest BCUT2D eigenvalue weighted by Crippen LogP contribution is -2.08. The summed E-state index contributed by atoms with van der Waals surface area (Å²) >= 11 is 2.75. The molecule has 0 aromatic heterocycles. The summed E-state index contributed by atoms with van der Waals surface area (Å²) in [7, 11) is 2.18. The minimum atomic E-state index is -0.999. The number of hydrogen-bond acceptors (Lipinski definition) is 7. The second-order valence-corrected chi connectivity index (χ2v) is 3.94. The molecule has 0 saturated heterocycles. The zero-order valence-corrected chi connectivity index (χ0v) is 11.3. The highest BCUT2D eigenvalue weighted by Gasteiger charge is 2.35. The van der Waals surface area contributed by atoms with E-state index < -0.39 is 37.2 Å². The SMILES string of the molecule is COC(=O)c1cc(OC)c([N+](=O)[O-])c(Br)c1[N+](=O)[O-]. The van der Waals surface area contributed by atoms with Crippen LogP contribution in [0.15, 0.2) is 10.5 Å². The number of hydrogen-bond donors (Lipinski definition) is 0. The van der Waals surface area contributed by atoms with Crippen molar-refractivity contribution in [1.29, 1.82) is 0 Å². The van der Waals surface area contributed by atoms with Crippen molar-refractivity contribution in [3.8, 4) is 5.75 Å². The van der Waals surface area contributed by atoms with E-state index in [2.05, 4.69) is 20.7 Å². The van der Waals surface area contributed by atoms with Gasteiger partial charge in [-0.3, -0.25) is 20.2 Å². The van der Waals surface area contributed by atoms with E-state index in [1.54, 1.807) is 0 Å². The second-order valence-electron chi connectivity index (χ2n) is 3.14. The van der Waals surface area contributed by atoms with E-state index in [1.807, 2.05) is 0 Å². The lowest BCUT2D eigenvalue weighted by Gasteiger charge is -2.07. The number of nitro benzene ring substituents is 2. The number of carbonyl (C=O) groups excluding carboxylic acids is 1. The van der Waals surface area contributed by atoms with Crippen LogP contribution in [0.3, 0.4) is 0 Å². The van der Waals surface area contributed by atoms with Gasteiger partial charge in [-0.15, -0.1) is 0 Å². The average Bonchev–Trinajstić information content (AvgIpc) is 2.35. The largest absolute Gasteiger partial charge is 0.490 e. The molecule has 0 saturated carbocycles. The predicted molar refractivity (Wildman–Crippen MR) is 65.3 cm³/mol. The third-order valence-corrected chi connectivity index (χ3v) is 2.92. The Bertz CT molecular complexity index is 572. The van der Waals surface area contributed by atoms with Crippen LogP contribution < -0.4 is 4.74 Å². The maximum atomic E-state index is 11.5. The molecule has 0 atom stereocenters. The van der Waals surface area contributed by atoms with E-state index in [9.17, 15) is 25.0 Å². The van der Waals surface area contributed by atoms with Gasteiger partial charge in [0.05, 0.1) is 24.1 Å². The minimum absolute atomic E-state index is 0.289. The highest BCUT2D eigenvalue weighted by atomic mass is 79.9. The molecule has 1 rings (SSSR count). The molecule has 102 valence electrons. The number of methoxy groups -OCH3 is 2. The summed E-state index contributed by atoms with van der Waals surface area (Å²) in [5.41, 5.74) is -1.83. The van der Waals surface area contributed by atoms with Crippen molar-refractivity contribution in [1.82, 2.24) is 0 Å². The average molecular weight is 335 g/mol. The van der Waals surface area contributed by atoms with Crippen molar-refractivity contribution in [3.05, 3.63) is 36.3 Å². The van der Waals surface area contributed by atoms with Gasteiger partial charge in [-0.1, -0.05) is 0 Å². The fourth-order valence-electron chi connectivity index (χ4n) is 1.38. The Morgan fingerprint density at radius 3 is 2.11 bits per heavy atom. The third kappa shape index (κ3) is 2.62. The van der Waals surface area contributed by atoms with Crippen molar-refractivity contribution in [2.24, 2.45) is 0 Å². The molecule has 0 fully saturated rings. The van der Waals surface area contributed by atoms with Crippen LogP contribution in [0.4, 0.5) is 11.4 Å². The maximum absolute atomic E-state index is 11.5. The number of ether oxygens (including phenoxy) is 2. The van der Waals surface area contributed by atoms with Crippen LogP contribution in [0.25, 0.3) is 0 Å². The molecule has 0 aliphatic rings. The molecule has 9 nitrogen and oxygen atoms in total. The molecule has 0 aliphatic heterocycles. The van der Waals surface area contributed by atoms with E-state index >= 15 is 0 Å². The van der Waals surface area contributed by atoms with Gasteiger partial charge in [0, 0.05) is 6.07 Å². The van der Waals surface area contributed by atoms with Crippen LogP contribution in [0.2, 0.25) is 0 Å². The number of esters is 1. The Morgan fingerprint density at radius 2 is 1.74 bits per heavy atom. The molecule has 0 radical (unpaired) electrons. The van der Waals surface area contributed by atoms with Gasteiger partial charge < -0.3 is 9.47 Å². The topological polar surface area (TPSA) is 122 Å². The van der Waals surface area contributed by atoms with Gasteiger partial charge in [0.2, 0.25) is 0 Å². The molecule has 19 heavy (non-hydrogen) atoms. The van der Waals surface area contributed by atoms with Gasteiger partial charge >= 0.3 is 17.3 Å². The van der Waals surface area contributed by atoms with Crippen molar-refractivity contribution in [2.75, 3.05) is 14.2 Å². The van der Waals surface area contributed by atoms with E-state index in [0.29, 0.717) is 0 Å². The quantitative estimate of drug-likeness (QED) is 0.469. The Balaban J connectivity index is 3.76. The van der Waals surface area contributed by atoms with Gasteiger partial charge in [0.25, 0.3) is 0 Å². The van der Waals surface area contributed by atoms with Gasteiger partial charge in [-0.25, -0.2) is 4.79 Å². The molecular weight excluding hydrogens is 328 g/mol. The normalized spacial score (nSPS) is 9.84. The molecule has 1 aromatic carbocycles. The molecular formula is C9H7BrN2O7. The molecule has 10 heteroatoms. The summed E-state index contributed by atoms with van der Waals surface area (Å²) in [6.45, 7) is 0. The number of rotatable bonds is 4. The first-order valence-corrected chi connectivity index (χ1v) is 5.42. The maximum Gasteiger partial charge on any atom is 0.345 e. The zero-order valence-electron chi connectivity index (χ0n) is 9.71. The van der Waals surface area contributed by atoms with Crippen LogP contribution in [0.5, 0.6) is 5.75 Å². The summed E-state index contributed by atoms with van der Waals surface area (Å²) in [4.78, 5) is 31.5. The summed E-state index contributed by atoms with van der Waals surface area (Å²) in [6.07, 6.45) is 0. The van der Waals surface area contributed by atoms with E-state index in [1.165, 1.54) is 0 Å². The first-order chi connectivity index (χ1) is 8.84. The molecule has 0 spiro atoms. The fraction of sp³-hybridized carbons (Fsp3) is 0.222. The first kappa shape index (κ1) is 14.8. The summed E-state index contributed by atoms with van der Waals surface area (Å²) in [5, 5.41) is 21.8. The van der Waals surface area contributed by atoms with E-state index in [-0.39, 0.29) is 5.75 Å². The lowest BCUT2D eigenvalue weighted by atomic mass is 10.1. The number of nitro groups is 2. The molecule has 0 aliphatic carbocycles. The van der Waals surface area contributed by atoms with Crippen molar-refractivity contribution in [2.45, 2.75) is 0 Å². The van der Waals surface area contributed by atoms with Crippen LogP contribution >= 0.6 is 15.9 Å². The van der Waals surface area contributed by atoms with Crippen molar-refractivity contribution in [3.63, 3.8) is 0 Å². The standard InChI is InChI=1S/C9H7BrN2O7/c1-18-5-3-4(9(13)19-2)7(11(14)15)6(10)8(5)12(16)17/h3H,1-2H3. The van der Waals surface area contributed by atoms with Gasteiger partial charge in [0.1, 0.15) is 5.56 Å². The van der Waals surface area contributed by atoms with Crippen LogP contribution in [0, 0.1) is 20.2 Å². The number of benzene rings is 1. The molecule has 1 aromatic rings. The fourth-order valence-corrected chi connectivity index (χ4v) is 2.07. The van der Waals surface area contributed by atoms with E-state index in [0.717, 1.165) is 20.3 Å². The predicted octanol–water partition coefficient (Wildman–Crippen LogP) is 2.06. The number of nitrogens with zero attached hydrogens (tertiary/aromatic N) is 2. The molecule has 0 unspecified atom stereocenters. The van der Waals surface area contributed by atoms with Crippen LogP contribution in [-0.2, 0) is 4.74 Å². The Labute approximate surface area is 114 Å². The Morgan fingerprint density at radius 1 is 1.21 bits per heavy atom. The van der Waals surface area contributed by atoms with Crippen LogP contribution in [0.1, 0.15) is 10.4 Å². The summed E-state index contributed by atoms with van der Waals surface area (Å²) in [6, 6.07) is 0.896. The van der Waals surface area contributed by atoms with Gasteiger partial charge in [-0.05, 0) is 15.9 Å². The molecule has 0 amide bonds. The zero-order chi connectivity index (χ0) is 14.7. The Hall–Kier alpha value is -2.23. The van der Waals surface area contributed by atoms with E-state index in [4.69, 9.17) is 4.74 Å². The molecule has 0 heterocycles. The van der Waals surface area contributed by atoms with Gasteiger partial charge in [0.15, 0.2) is 10.2 Å². The third-order valence-electron chi connectivity index (χ3n) is 2.17. The Kier molecular flexibility index (Phi) is 4.38. The monoisotopic (exact) mass is 334 g/mol. The smallest absolute Gasteiger partial charge is 0.345 e. The summed E-state index contributed by atoms with van der Waals surface area (Å²) < 4.78 is 8.69. The lowest BCUT2D eigenvalue weighted by molar-refractivity contribution is -0.396. The number of carbonyl (C=O) groups is 1. The molecule has 0 bridgehead atoms. The minimum Gasteiger partial charge on any atom is -0.490 e. The van der Waals surface area contributed by atoms with Crippen molar-refractivity contribution < 1.29 is 24.1 Å². The van der Waals surface area contributed by atoms with Gasteiger partial charge in [-0.2, -0.15) is 0 Å². The van der Waals surface area contributed by atoms with Crippen molar-refractivity contribution >= 4 is 33.3 Å². The second kappa shape index (κ2) is 5.61. The highest BCUT2D eigenvalue weighted by molar-refractivity contribution is 9.10. The highest BCUT2D eigenvalue weighted by Crippen LogP contribution is 2.43. The number of halogens is 1.